The van der Waals surface area contributed by atoms with Crippen molar-refractivity contribution in [3.8, 4) is 0 Å². The number of nitrogens with zero attached hydrogens (tertiary/aromatic N) is 5. The highest BCUT2D eigenvalue weighted by Crippen LogP contribution is 2.26. The maximum absolute atomic E-state index is 11.2. The molecule has 0 unspecified atom stereocenters. The lowest BCUT2D eigenvalue weighted by Gasteiger charge is -2.33. The summed E-state index contributed by atoms with van der Waals surface area (Å²) in [6, 6.07) is 1.95. The van der Waals surface area contributed by atoms with Gasteiger partial charge in [0.25, 0.3) is 0 Å². The number of nitrogens with two attached hydrogens (primary N) is 1. The molecule has 0 aromatic carbocycles. The van der Waals surface area contributed by atoms with Crippen molar-refractivity contribution in [1.29, 1.82) is 0 Å². The van der Waals surface area contributed by atoms with E-state index in [0.29, 0.717) is 19.7 Å². The lowest BCUT2D eigenvalue weighted by atomic mass is 10.1. The first kappa shape index (κ1) is 16.8. The quantitative estimate of drug-likeness (QED) is 0.826. The van der Waals surface area contributed by atoms with E-state index in [4.69, 9.17) is 10.5 Å². The Morgan fingerprint density at radius 3 is 3.00 bits per heavy atom. The Hall–Kier alpha value is -2.03. The molecule has 8 heteroatoms. The second-order valence-electron chi connectivity index (χ2n) is 6.52. The van der Waals surface area contributed by atoms with E-state index in [1.54, 1.807) is 0 Å². The summed E-state index contributed by atoms with van der Waals surface area (Å²) in [6.45, 7) is 4.81. The first-order valence-corrected chi connectivity index (χ1v) is 8.05. The van der Waals surface area contributed by atoms with Gasteiger partial charge in [0.2, 0.25) is 5.91 Å². The van der Waals surface area contributed by atoms with Crippen molar-refractivity contribution < 1.29 is 9.53 Å². The Kier molecular flexibility index (Phi) is 4.79. The van der Waals surface area contributed by atoms with Crippen LogP contribution in [0.1, 0.15) is 23.1 Å². The molecule has 1 aliphatic heterocycles. The molecule has 0 aliphatic carbocycles. The number of aromatic nitrogens is 3. The topological polar surface area (TPSA) is 89.0 Å². The molecule has 3 rings (SSSR count). The van der Waals surface area contributed by atoms with Crippen LogP contribution in [0.5, 0.6) is 0 Å². The zero-order valence-corrected chi connectivity index (χ0v) is 14.4. The number of hydrogen-bond donors (Lipinski definition) is 1. The summed E-state index contributed by atoms with van der Waals surface area (Å²) in [6.07, 6.45) is 1.72. The molecule has 2 aromatic rings. The molecule has 2 aromatic heterocycles. The number of rotatable bonds is 5. The number of amides is 1. The molecule has 24 heavy (non-hydrogen) atoms. The van der Waals surface area contributed by atoms with Crippen LogP contribution in [0, 0.1) is 6.92 Å². The fourth-order valence-corrected chi connectivity index (χ4v) is 3.14. The van der Waals surface area contributed by atoms with Crippen LogP contribution >= 0.6 is 0 Å². The molecule has 1 fully saturated rings. The fourth-order valence-electron chi connectivity index (χ4n) is 3.14. The van der Waals surface area contributed by atoms with Gasteiger partial charge in [-0.2, -0.15) is 5.10 Å². The molecular formula is C16H24N6O2. The van der Waals surface area contributed by atoms with E-state index in [0.717, 1.165) is 29.1 Å². The average molecular weight is 332 g/mol. The van der Waals surface area contributed by atoms with E-state index < -0.39 is 0 Å². The zero-order chi connectivity index (χ0) is 17.3. The van der Waals surface area contributed by atoms with Gasteiger partial charge in [0.15, 0.2) is 5.65 Å². The number of morpholine rings is 1. The molecule has 8 nitrogen and oxygen atoms in total. The summed E-state index contributed by atoms with van der Waals surface area (Å²) in [7, 11) is 4.03. The van der Waals surface area contributed by atoms with Gasteiger partial charge >= 0.3 is 0 Å². The summed E-state index contributed by atoms with van der Waals surface area (Å²) in [5.74, 6) is -0.320. The van der Waals surface area contributed by atoms with Gasteiger partial charge in [-0.3, -0.25) is 9.69 Å². The zero-order valence-electron chi connectivity index (χ0n) is 14.4. The predicted molar refractivity (Wildman–Crippen MR) is 89.4 cm³/mol. The summed E-state index contributed by atoms with van der Waals surface area (Å²) in [5, 5.41) is 4.59. The Morgan fingerprint density at radius 2 is 2.29 bits per heavy atom. The van der Waals surface area contributed by atoms with E-state index in [1.807, 2.05) is 42.7 Å². The second-order valence-corrected chi connectivity index (χ2v) is 6.52. The minimum absolute atomic E-state index is 0.169. The lowest BCUT2D eigenvalue weighted by molar-refractivity contribution is -0.121. The second kappa shape index (κ2) is 6.84. The highest BCUT2D eigenvalue weighted by Gasteiger charge is 2.28. The van der Waals surface area contributed by atoms with Gasteiger partial charge in [-0.05, 0) is 21.0 Å². The third kappa shape index (κ3) is 3.55. The predicted octanol–water partition coefficient (Wildman–Crippen LogP) is -0.0421. The van der Waals surface area contributed by atoms with Gasteiger partial charge in [-0.15, -0.1) is 0 Å². The molecule has 2 N–H and O–H groups in total. The van der Waals surface area contributed by atoms with Crippen molar-refractivity contribution in [3.05, 3.63) is 29.2 Å². The lowest BCUT2D eigenvalue weighted by Crippen LogP contribution is -2.43. The monoisotopic (exact) mass is 332 g/mol. The minimum Gasteiger partial charge on any atom is -0.369 e. The van der Waals surface area contributed by atoms with Crippen molar-refractivity contribution >= 4 is 11.6 Å². The molecule has 0 saturated carbocycles. The van der Waals surface area contributed by atoms with Crippen LogP contribution in [-0.2, 0) is 16.1 Å². The van der Waals surface area contributed by atoms with Crippen molar-refractivity contribution in [3.63, 3.8) is 0 Å². The molecule has 0 radical (unpaired) electrons. The smallest absolute Gasteiger partial charge is 0.231 e. The van der Waals surface area contributed by atoms with E-state index in [2.05, 4.69) is 15.0 Å². The summed E-state index contributed by atoms with van der Waals surface area (Å²) < 4.78 is 7.88. The van der Waals surface area contributed by atoms with Crippen LogP contribution in [-0.4, -0.2) is 70.6 Å². The Bertz CT molecular complexity index is 741. The first-order valence-electron chi connectivity index (χ1n) is 8.05. The van der Waals surface area contributed by atoms with Gasteiger partial charge in [0, 0.05) is 37.5 Å². The molecule has 3 heterocycles. The summed E-state index contributed by atoms with van der Waals surface area (Å²) in [4.78, 5) is 19.9. The Morgan fingerprint density at radius 1 is 1.50 bits per heavy atom. The van der Waals surface area contributed by atoms with Crippen LogP contribution in [0.2, 0.25) is 0 Å². The molecule has 130 valence electrons. The van der Waals surface area contributed by atoms with Gasteiger partial charge < -0.3 is 15.4 Å². The summed E-state index contributed by atoms with van der Waals surface area (Å²) in [5.41, 5.74) is 9.13. The van der Waals surface area contributed by atoms with Crippen molar-refractivity contribution in [2.75, 3.05) is 40.3 Å². The third-order valence-electron chi connectivity index (χ3n) is 4.04. The molecule has 1 amide bonds. The van der Waals surface area contributed by atoms with Crippen LogP contribution in [0.4, 0.5) is 0 Å². The number of carbonyl (C=O) groups excluding carboxylic acids is 1. The molecule has 1 saturated heterocycles. The number of aryl methyl sites for hydroxylation is 1. The van der Waals surface area contributed by atoms with Crippen molar-refractivity contribution in [2.45, 2.75) is 19.6 Å². The van der Waals surface area contributed by atoms with Gasteiger partial charge in [-0.1, -0.05) is 0 Å². The number of hydrogen-bond acceptors (Lipinski definition) is 6. The third-order valence-corrected chi connectivity index (χ3v) is 4.04. The van der Waals surface area contributed by atoms with Gasteiger partial charge in [0.1, 0.15) is 6.10 Å². The first-order chi connectivity index (χ1) is 11.4. The highest BCUT2D eigenvalue weighted by atomic mass is 16.5. The largest absolute Gasteiger partial charge is 0.369 e. The highest BCUT2D eigenvalue weighted by molar-refractivity contribution is 5.75. The maximum atomic E-state index is 11.2. The van der Waals surface area contributed by atoms with E-state index in [-0.39, 0.29) is 18.6 Å². The molecule has 1 aliphatic rings. The molecule has 1 atom stereocenters. The van der Waals surface area contributed by atoms with Crippen LogP contribution < -0.4 is 5.73 Å². The molecule has 0 spiro atoms. The molecular weight excluding hydrogens is 308 g/mol. The number of fused-ring (bicyclic) bond motifs is 1. The van der Waals surface area contributed by atoms with Crippen LogP contribution in [0.15, 0.2) is 12.3 Å². The van der Waals surface area contributed by atoms with Crippen LogP contribution in [0.25, 0.3) is 5.65 Å². The SMILES string of the molecule is Cc1cc2ncc(CN(C)C)c([C@@H]3CN(CC(N)=O)CCO3)n2n1. The fraction of sp³-hybridized carbons (Fsp3) is 0.562. The van der Waals surface area contributed by atoms with Gasteiger partial charge in [0.05, 0.1) is 24.5 Å². The van der Waals surface area contributed by atoms with E-state index >= 15 is 0 Å². The summed E-state index contributed by atoms with van der Waals surface area (Å²) >= 11 is 0. The standard InChI is InChI=1S/C16H24N6O2/c1-11-6-15-18-7-12(8-20(2)3)16(22(15)19-11)13-9-21(4-5-24-13)10-14(17)23/h6-7,13H,4-5,8-10H2,1-3H3,(H2,17,23)/t13-/m0/s1. The molecule has 0 bridgehead atoms. The minimum atomic E-state index is -0.320. The number of ether oxygens (including phenoxy) is 1. The van der Waals surface area contributed by atoms with Crippen LogP contribution in [0.3, 0.4) is 0 Å². The average Bonchev–Trinajstić information content (AvgIpc) is 2.86. The maximum Gasteiger partial charge on any atom is 0.231 e. The normalized spacial score (nSPS) is 19.2. The Labute approximate surface area is 141 Å². The van der Waals surface area contributed by atoms with Crippen molar-refractivity contribution in [1.82, 2.24) is 24.4 Å². The number of primary amides is 1. The van der Waals surface area contributed by atoms with E-state index in [9.17, 15) is 4.79 Å². The van der Waals surface area contributed by atoms with E-state index in [1.165, 1.54) is 0 Å². The van der Waals surface area contributed by atoms with Gasteiger partial charge in [-0.25, -0.2) is 9.50 Å². The van der Waals surface area contributed by atoms with Crippen molar-refractivity contribution in [2.24, 2.45) is 5.73 Å². The Balaban J connectivity index is 2.00. The number of carbonyl (C=O) groups is 1.